The summed E-state index contributed by atoms with van der Waals surface area (Å²) in [5.41, 5.74) is 10.7. The Bertz CT molecular complexity index is 2730. The van der Waals surface area contributed by atoms with Crippen LogP contribution >= 0.6 is 0 Å². The predicted molar refractivity (Wildman–Crippen MR) is 179 cm³/mol. The summed E-state index contributed by atoms with van der Waals surface area (Å²) in [6.45, 7) is 0. The van der Waals surface area contributed by atoms with Gasteiger partial charge >= 0.3 is 0 Å². The zero-order valence-corrected chi connectivity index (χ0v) is 24.8. The summed E-state index contributed by atoms with van der Waals surface area (Å²) in [6, 6.07) is 41.2. The van der Waals surface area contributed by atoms with Crippen molar-refractivity contribution in [1.29, 1.82) is 0 Å². The predicted octanol–water partition coefficient (Wildman–Crippen LogP) is 8.27. The van der Waals surface area contributed by atoms with E-state index in [4.69, 9.17) is 9.15 Å². The molecule has 6 heteroatoms. The van der Waals surface area contributed by atoms with Crippen molar-refractivity contribution in [1.82, 2.24) is 9.47 Å². The Kier molecular flexibility index (Phi) is 3.87. The van der Waals surface area contributed by atoms with Gasteiger partial charge in [-0.15, -0.1) is 0 Å². The molecule has 0 bridgehead atoms. The first kappa shape index (κ1) is 23.4. The van der Waals surface area contributed by atoms with Crippen LogP contribution in [0.2, 0.25) is 0 Å². The molecule has 46 heavy (non-hydrogen) atoms. The van der Waals surface area contributed by atoms with E-state index >= 15 is 0 Å². The SMILES string of the molecule is CN1C(c2ccc3c(c2)oc2ccccc23)=CN2c3cccc4c3C3(c5c(cccc5-n5c6ccccc6c6ccc[n+]3c65)O4)C12. The molecule has 0 saturated carbocycles. The van der Waals surface area contributed by atoms with E-state index in [-0.39, 0.29) is 6.17 Å². The molecule has 4 aliphatic heterocycles. The number of para-hydroxylation sites is 2. The van der Waals surface area contributed by atoms with E-state index in [2.05, 4.69) is 142 Å². The molecule has 4 aliphatic rings. The Balaban J connectivity index is 1.18. The molecule has 5 aromatic carbocycles. The van der Waals surface area contributed by atoms with Crippen molar-refractivity contribution in [3.63, 3.8) is 0 Å². The molecule has 0 saturated heterocycles. The van der Waals surface area contributed by atoms with E-state index in [9.17, 15) is 0 Å². The van der Waals surface area contributed by atoms with Gasteiger partial charge in [0.1, 0.15) is 33.9 Å². The summed E-state index contributed by atoms with van der Waals surface area (Å²) < 4.78 is 18.1. The molecule has 216 valence electrons. The highest BCUT2D eigenvalue weighted by Gasteiger charge is 2.68. The average molecular weight is 594 g/mol. The number of benzene rings is 5. The number of furan rings is 1. The highest BCUT2D eigenvalue weighted by atomic mass is 16.5. The Hall–Kier alpha value is -6.01. The second-order valence-electron chi connectivity index (χ2n) is 12.9. The van der Waals surface area contributed by atoms with Gasteiger partial charge in [-0.05, 0) is 66.7 Å². The van der Waals surface area contributed by atoms with Crippen LogP contribution < -0.4 is 14.2 Å². The largest absolute Gasteiger partial charge is 0.456 e. The molecule has 0 fully saturated rings. The molecule has 0 amide bonds. The molecule has 8 aromatic rings. The van der Waals surface area contributed by atoms with Crippen LogP contribution in [0.4, 0.5) is 5.69 Å². The van der Waals surface area contributed by atoms with Gasteiger partial charge in [0.15, 0.2) is 6.17 Å². The fraction of sp³-hybridized carbons (Fsp3) is 0.0750. The normalized spacial score (nSPS) is 19.9. The second-order valence-corrected chi connectivity index (χ2v) is 12.9. The van der Waals surface area contributed by atoms with Crippen molar-refractivity contribution in [2.45, 2.75) is 11.7 Å². The van der Waals surface area contributed by atoms with Crippen molar-refractivity contribution in [2.75, 3.05) is 11.9 Å². The molecular formula is C40H25N4O2+. The lowest BCUT2D eigenvalue weighted by Crippen LogP contribution is -2.69. The van der Waals surface area contributed by atoms with E-state index in [0.717, 1.165) is 44.7 Å². The molecule has 1 spiro atoms. The summed E-state index contributed by atoms with van der Waals surface area (Å²) in [4.78, 5) is 4.93. The molecule has 2 unspecified atom stereocenters. The van der Waals surface area contributed by atoms with Crippen LogP contribution in [-0.4, -0.2) is 22.7 Å². The van der Waals surface area contributed by atoms with Crippen LogP contribution in [0.3, 0.4) is 0 Å². The van der Waals surface area contributed by atoms with Crippen molar-refractivity contribution < 1.29 is 13.7 Å². The van der Waals surface area contributed by atoms with Crippen LogP contribution in [0.15, 0.2) is 132 Å². The Morgan fingerprint density at radius 2 is 1.41 bits per heavy atom. The maximum absolute atomic E-state index is 6.79. The number of fused-ring (bicyclic) bond motifs is 9. The third kappa shape index (κ3) is 2.41. The number of pyridine rings is 1. The summed E-state index contributed by atoms with van der Waals surface area (Å²) in [7, 11) is 2.24. The Morgan fingerprint density at radius 3 is 2.30 bits per heavy atom. The number of aromatic nitrogens is 2. The van der Waals surface area contributed by atoms with Crippen LogP contribution in [-0.2, 0) is 5.54 Å². The van der Waals surface area contributed by atoms with Gasteiger partial charge in [-0.1, -0.05) is 48.5 Å². The van der Waals surface area contributed by atoms with Crippen LogP contribution in [0.25, 0.3) is 55.3 Å². The van der Waals surface area contributed by atoms with Gasteiger partial charge in [-0.2, -0.15) is 4.57 Å². The maximum Gasteiger partial charge on any atom is 0.296 e. The van der Waals surface area contributed by atoms with E-state index in [1.807, 2.05) is 12.1 Å². The molecule has 0 radical (unpaired) electrons. The van der Waals surface area contributed by atoms with Gasteiger partial charge in [0.25, 0.3) is 5.65 Å². The topological polar surface area (TPSA) is 37.7 Å². The molecule has 2 atom stereocenters. The van der Waals surface area contributed by atoms with Crippen LogP contribution in [0, 0.1) is 0 Å². The third-order valence-corrected chi connectivity index (χ3v) is 10.8. The van der Waals surface area contributed by atoms with Crippen molar-refractivity contribution >= 4 is 55.3 Å². The standard InChI is InChI=1S/C40H25N4O2/c1-41-31(23-18-19-26-25-10-3-5-15-32(25)45-35(26)21-23)22-42-29-13-6-16-33-36(29)40(39(41)42)37-30(14-7-17-34(37)46-33)44-28-12-4-2-9-24(28)27-11-8-20-43(40)38(27)44/h2-22,39H,1H3/q+1. The first-order valence-corrected chi connectivity index (χ1v) is 15.8. The second kappa shape index (κ2) is 7.61. The van der Waals surface area contributed by atoms with Gasteiger partial charge < -0.3 is 19.0 Å². The third-order valence-electron chi connectivity index (χ3n) is 10.8. The molecular weight excluding hydrogens is 568 g/mol. The molecule has 6 nitrogen and oxygen atoms in total. The summed E-state index contributed by atoms with van der Waals surface area (Å²) in [6.07, 6.45) is 4.53. The number of ether oxygens (including phenoxy) is 1. The zero-order valence-electron chi connectivity index (χ0n) is 24.8. The minimum atomic E-state index is -0.573. The van der Waals surface area contributed by atoms with E-state index in [1.165, 1.54) is 44.4 Å². The quantitative estimate of drug-likeness (QED) is 0.180. The van der Waals surface area contributed by atoms with Gasteiger partial charge in [0.2, 0.25) is 5.54 Å². The minimum Gasteiger partial charge on any atom is -0.456 e. The molecule has 3 aromatic heterocycles. The van der Waals surface area contributed by atoms with Crippen molar-refractivity contribution in [2.24, 2.45) is 0 Å². The number of hydrogen-bond donors (Lipinski definition) is 0. The smallest absolute Gasteiger partial charge is 0.296 e. The van der Waals surface area contributed by atoms with E-state index in [1.54, 1.807) is 0 Å². The lowest BCUT2D eigenvalue weighted by Gasteiger charge is -2.43. The van der Waals surface area contributed by atoms with Crippen LogP contribution in [0.5, 0.6) is 11.5 Å². The number of likely N-dealkylation sites (N-methyl/N-ethyl adjacent to an activating group) is 1. The van der Waals surface area contributed by atoms with Gasteiger partial charge in [0, 0.05) is 35.0 Å². The fourth-order valence-corrected chi connectivity index (χ4v) is 9.18. The summed E-state index contributed by atoms with van der Waals surface area (Å²) in [5.74, 6) is 1.82. The zero-order chi connectivity index (χ0) is 29.9. The molecule has 0 aliphatic carbocycles. The minimum absolute atomic E-state index is 0.0730. The highest BCUT2D eigenvalue weighted by molar-refractivity contribution is 6.08. The van der Waals surface area contributed by atoms with E-state index < -0.39 is 5.54 Å². The maximum atomic E-state index is 6.79. The van der Waals surface area contributed by atoms with Gasteiger partial charge in [-0.25, -0.2) is 4.57 Å². The van der Waals surface area contributed by atoms with Gasteiger partial charge in [-0.3, -0.25) is 0 Å². The number of anilines is 1. The Morgan fingerprint density at radius 1 is 0.674 bits per heavy atom. The first-order valence-electron chi connectivity index (χ1n) is 15.8. The first-order chi connectivity index (χ1) is 22.7. The lowest BCUT2D eigenvalue weighted by molar-refractivity contribution is -0.728. The molecule has 7 heterocycles. The fourth-order valence-electron chi connectivity index (χ4n) is 9.18. The Labute approximate surface area is 263 Å². The molecule has 0 N–H and O–H groups in total. The summed E-state index contributed by atoms with van der Waals surface area (Å²) in [5, 5.41) is 4.78. The monoisotopic (exact) mass is 593 g/mol. The average Bonchev–Trinajstić information content (AvgIpc) is 3.82. The number of nitrogens with zero attached hydrogens (tertiary/aromatic N) is 4. The van der Waals surface area contributed by atoms with E-state index in [0.29, 0.717) is 0 Å². The lowest BCUT2D eigenvalue weighted by atomic mass is 9.76. The number of rotatable bonds is 1. The number of hydrogen-bond acceptors (Lipinski definition) is 4. The van der Waals surface area contributed by atoms with Crippen molar-refractivity contribution in [3.05, 3.63) is 144 Å². The molecule has 12 rings (SSSR count). The van der Waals surface area contributed by atoms with Crippen molar-refractivity contribution in [3.8, 4) is 17.2 Å². The van der Waals surface area contributed by atoms with Gasteiger partial charge in [0.05, 0.1) is 34.1 Å². The summed E-state index contributed by atoms with van der Waals surface area (Å²) >= 11 is 0. The highest BCUT2D eigenvalue weighted by Crippen LogP contribution is 2.62. The van der Waals surface area contributed by atoms with Crippen LogP contribution in [0.1, 0.15) is 16.7 Å².